The summed E-state index contributed by atoms with van der Waals surface area (Å²) < 4.78 is 5.41. The number of hydrogen-bond acceptors (Lipinski definition) is 5. The van der Waals surface area contributed by atoms with Gasteiger partial charge in [-0.1, -0.05) is 42.5 Å². The molecule has 6 rings (SSSR count). The fraction of sp³-hybridized carbons (Fsp3) is 0.391. The van der Waals surface area contributed by atoms with E-state index >= 15 is 0 Å². The van der Waals surface area contributed by atoms with E-state index in [0.717, 1.165) is 50.7 Å². The summed E-state index contributed by atoms with van der Waals surface area (Å²) in [7, 11) is 1.66. The Balaban J connectivity index is 1.43. The lowest BCUT2D eigenvalue weighted by Crippen LogP contribution is -2.64. The van der Waals surface area contributed by atoms with E-state index in [-0.39, 0.29) is 5.41 Å². The van der Waals surface area contributed by atoms with Gasteiger partial charge in [0.15, 0.2) is 5.11 Å². The number of rotatable bonds is 4. The van der Waals surface area contributed by atoms with Gasteiger partial charge in [0, 0.05) is 45.2 Å². The summed E-state index contributed by atoms with van der Waals surface area (Å²) in [6.07, 6.45) is 0. The lowest BCUT2D eigenvalue weighted by Gasteiger charge is -2.50. The fourth-order valence-electron chi connectivity index (χ4n) is 5.27. The quantitative estimate of drug-likeness (QED) is 0.585. The Morgan fingerprint density at radius 1 is 1.03 bits per heavy atom. The molecule has 6 nitrogen and oxygen atoms in total. The summed E-state index contributed by atoms with van der Waals surface area (Å²) >= 11 is 5.55. The Morgan fingerprint density at radius 3 is 2.40 bits per heavy atom. The lowest BCUT2D eigenvalue weighted by atomic mass is 9.66. The van der Waals surface area contributed by atoms with Gasteiger partial charge >= 0.3 is 0 Å². The summed E-state index contributed by atoms with van der Waals surface area (Å²) in [5.41, 5.74) is 6.45. The number of hydrazone groups is 1. The van der Waals surface area contributed by atoms with Crippen molar-refractivity contribution in [2.45, 2.75) is 5.41 Å². The molecule has 4 heterocycles. The standard InChI is InChI=1S/C23H27N5OS/c1-29-20-10-6-5-9-19(20)24-22(30)26-25-21-17-13-27-11-12-28(14-17)16-23(21,15-27)18-7-3-2-4-8-18/h2-10,17H,11-16H2,1H3,(H2,24,26,30)/b25-21-. The summed E-state index contributed by atoms with van der Waals surface area (Å²) in [5.74, 6) is 1.17. The first-order chi connectivity index (χ1) is 14.7. The molecule has 0 radical (unpaired) electrons. The van der Waals surface area contributed by atoms with Crippen LogP contribution in [0.1, 0.15) is 5.56 Å². The molecular weight excluding hydrogens is 394 g/mol. The van der Waals surface area contributed by atoms with Crippen molar-refractivity contribution in [2.75, 3.05) is 51.7 Å². The van der Waals surface area contributed by atoms with Crippen molar-refractivity contribution in [2.24, 2.45) is 11.0 Å². The topological polar surface area (TPSA) is 52.1 Å². The number of methoxy groups -OCH3 is 1. The number of thiocarbonyl (C=S) groups is 1. The minimum Gasteiger partial charge on any atom is -0.495 e. The number of ether oxygens (including phenoxy) is 1. The molecule has 4 bridgehead atoms. The van der Waals surface area contributed by atoms with E-state index in [0.29, 0.717) is 11.0 Å². The molecule has 0 amide bonds. The van der Waals surface area contributed by atoms with E-state index in [2.05, 4.69) is 50.9 Å². The first kappa shape index (κ1) is 19.5. The third-order valence-electron chi connectivity index (χ3n) is 6.51. The van der Waals surface area contributed by atoms with Gasteiger partial charge in [0.2, 0.25) is 0 Å². The van der Waals surface area contributed by atoms with Crippen molar-refractivity contribution in [3.8, 4) is 5.75 Å². The van der Waals surface area contributed by atoms with E-state index in [4.69, 9.17) is 22.1 Å². The van der Waals surface area contributed by atoms with Crippen LogP contribution in [0.3, 0.4) is 0 Å². The molecular formula is C23H27N5OS. The second-order valence-corrected chi connectivity index (χ2v) is 8.79. The van der Waals surface area contributed by atoms with Gasteiger partial charge in [0.05, 0.1) is 23.9 Å². The molecule has 2 atom stereocenters. The van der Waals surface area contributed by atoms with Gasteiger partial charge in [0.25, 0.3) is 0 Å². The largest absolute Gasteiger partial charge is 0.495 e. The van der Waals surface area contributed by atoms with Crippen LogP contribution in [0.5, 0.6) is 5.75 Å². The molecule has 30 heavy (non-hydrogen) atoms. The van der Waals surface area contributed by atoms with E-state index in [1.807, 2.05) is 24.3 Å². The number of para-hydroxylation sites is 2. The second kappa shape index (κ2) is 7.98. The monoisotopic (exact) mass is 421 g/mol. The molecule has 0 aromatic heterocycles. The molecule has 2 aromatic rings. The SMILES string of the molecule is COc1ccccc1NC(=S)N/N=C1/C2CN3CCN(C2)CC1(c1ccccc1)C3. The average molecular weight is 422 g/mol. The van der Waals surface area contributed by atoms with Gasteiger partial charge < -0.3 is 19.9 Å². The highest BCUT2D eigenvalue weighted by molar-refractivity contribution is 7.80. The molecule has 2 aromatic carbocycles. The van der Waals surface area contributed by atoms with Crippen LogP contribution in [0.2, 0.25) is 0 Å². The van der Waals surface area contributed by atoms with Crippen LogP contribution >= 0.6 is 12.2 Å². The molecule has 0 aliphatic carbocycles. The number of hydrogen-bond donors (Lipinski definition) is 2. The van der Waals surface area contributed by atoms with Crippen LogP contribution in [-0.4, -0.2) is 67.0 Å². The van der Waals surface area contributed by atoms with Crippen molar-refractivity contribution >= 4 is 28.7 Å². The normalized spacial score (nSPS) is 30.7. The molecule has 156 valence electrons. The number of benzene rings is 2. The summed E-state index contributed by atoms with van der Waals surface area (Å²) in [6, 6.07) is 18.6. The van der Waals surface area contributed by atoms with Crippen molar-refractivity contribution in [1.29, 1.82) is 0 Å². The molecule has 7 heteroatoms. The maximum Gasteiger partial charge on any atom is 0.191 e. The summed E-state index contributed by atoms with van der Waals surface area (Å²) in [6.45, 7) is 6.43. The Bertz CT molecular complexity index is 947. The molecule has 4 fully saturated rings. The highest BCUT2D eigenvalue weighted by Gasteiger charge is 2.53. The van der Waals surface area contributed by atoms with Crippen LogP contribution in [0.4, 0.5) is 5.69 Å². The molecule has 4 aliphatic heterocycles. The van der Waals surface area contributed by atoms with Crippen LogP contribution in [0.15, 0.2) is 59.7 Å². The van der Waals surface area contributed by atoms with E-state index in [1.54, 1.807) is 7.11 Å². The third-order valence-corrected chi connectivity index (χ3v) is 6.71. The Kier molecular flexibility index (Phi) is 5.18. The molecule has 2 N–H and O–H groups in total. The predicted molar refractivity (Wildman–Crippen MR) is 124 cm³/mol. The highest BCUT2D eigenvalue weighted by Crippen LogP contribution is 2.41. The fourth-order valence-corrected chi connectivity index (χ4v) is 5.42. The molecule has 4 aliphatic rings. The number of anilines is 1. The van der Waals surface area contributed by atoms with Gasteiger partial charge in [0.1, 0.15) is 5.75 Å². The second-order valence-electron chi connectivity index (χ2n) is 8.38. The maximum absolute atomic E-state index is 5.55. The van der Waals surface area contributed by atoms with E-state index < -0.39 is 0 Å². The summed E-state index contributed by atoms with van der Waals surface area (Å²) in [5, 5.41) is 8.62. The minimum absolute atomic E-state index is 0.0913. The number of nitrogens with zero attached hydrogens (tertiary/aromatic N) is 3. The number of nitrogens with one attached hydrogen (secondary N) is 2. The van der Waals surface area contributed by atoms with Crippen molar-refractivity contribution in [1.82, 2.24) is 15.2 Å². The third kappa shape index (κ3) is 3.47. The predicted octanol–water partition coefficient (Wildman–Crippen LogP) is 2.54. The zero-order chi connectivity index (χ0) is 20.6. The lowest BCUT2D eigenvalue weighted by molar-refractivity contribution is 0.163. The van der Waals surface area contributed by atoms with Crippen LogP contribution < -0.4 is 15.5 Å². The van der Waals surface area contributed by atoms with Gasteiger partial charge in [-0.15, -0.1) is 0 Å². The molecule has 0 spiro atoms. The Hall–Kier alpha value is -2.48. The first-order valence-corrected chi connectivity index (χ1v) is 10.9. The van der Waals surface area contributed by atoms with Gasteiger partial charge in [-0.2, -0.15) is 5.10 Å². The summed E-state index contributed by atoms with van der Waals surface area (Å²) in [4.78, 5) is 5.21. The number of piperidine rings is 2. The Labute approximate surface area is 182 Å². The Morgan fingerprint density at radius 2 is 1.70 bits per heavy atom. The van der Waals surface area contributed by atoms with Crippen LogP contribution in [0.25, 0.3) is 0 Å². The number of fused-ring (bicyclic) bond motifs is 1. The molecule has 2 unspecified atom stereocenters. The van der Waals surface area contributed by atoms with E-state index in [1.165, 1.54) is 11.3 Å². The zero-order valence-corrected chi connectivity index (χ0v) is 18.0. The van der Waals surface area contributed by atoms with E-state index in [9.17, 15) is 0 Å². The van der Waals surface area contributed by atoms with Gasteiger partial charge in [-0.3, -0.25) is 5.43 Å². The van der Waals surface area contributed by atoms with Crippen LogP contribution in [0, 0.1) is 5.92 Å². The minimum atomic E-state index is -0.0913. The first-order valence-electron chi connectivity index (χ1n) is 10.5. The van der Waals surface area contributed by atoms with Crippen molar-refractivity contribution < 1.29 is 4.74 Å². The molecule has 0 saturated carbocycles. The average Bonchev–Trinajstić information content (AvgIpc) is 3.02. The zero-order valence-electron chi connectivity index (χ0n) is 17.2. The smallest absolute Gasteiger partial charge is 0.191 e. The highest BCUT2D eigenvalue weighted by atomic mass is 32.1. The molecule has 4 saturated heterocycles. The van der Waals surface area contributed by atoms with Gasteiger partial charge in [-0.25, -0.2) is 0 Å². The maximum atomic E-state index is 5.55. The van der Waals surface area contributed by atoms with Crippen molar-refractivity contribution in [3.05, 3.63) is 60.2 Å². The van der Waals surface area contributed by atoms with Crippen molar-refractivity contribution in [3.63, 3.8) is 0 Å². The van der Waals surface area contributed by atoms with Gasteiger partial charge in [-0.05, 0) is 29.9 Å². The van der Waals surface area contributed by atoms with Crippen LogP contribution in [-0.2, 0) is 5.41 Å².